The fourth-order valence-electron chi connectivity index (χ4n) is 1.90. The van der Waals surface area contributed by atoms with Gasteiger partial charge in [-0.2, -0.15) is 0 Å². The Morgan fingerprint density at radius 3 is 2.57 bits per heavy atom. The number of rotatable bonds is 10. The minimum atomic E-state index is -1.66. The zero-order valence-corrected chi connectivity index (χ0v) is 14.2. The molecule has 0 radical (unpaired) electrons. The first-order valence-electron chi connectivity index (χ1n) is 7.46. The highest BCUT2D eigenvalue weighted by molar-refractivity contribution is 6.46. The Morgan fingerprint density at radius 1 is 1.29 bits per heavy atom. The Balaban J connectivity index is 2.26. The number of hydrogen-bond donors (Lipinski definition) is 0. The van der Waals surface area contributed by atoms with Crippen molar-refractivity contribution in [2.45, 2.75) is 39.2 Å². The molecule has 0 saturated heterocycles. The minimum Gasteiger partial charge on any atom is -0.465 e. The molecule has 6 heteroatoms. The first-order chi connectivity index (χ1) is 10.2. The van der Waals surface area contributed by atoms with Gasteiger partial charge in [0, 0.05) is 25.0 Å². The third kappa shape index (κ3) is 7.36. The van der Waals surface area contributed by atoms with Crippen LogP contribution < -0.4 is 0 Å². The van der Waals surface area contributed by atoms with Gasteiger partial charge < -0.3 is 13.6 Å². The van der Waals surface area contributed by atoms with Gasteiger partial charge in [-0.3, -0.25) is 9.78 Å². The van der Waals surface area contributed by atoms with Crippen molar-refractivity contribution < 1.29 is 18.4 Å². The second-order valence-corrected chi connectivity index (χ2v) is 7.30. The molecule has 1 rings (SSSR count). The van der Waals surface area contributed by atoms with Gasteiger partial charge in [0.15, 0.2) is 0 Å². The molecule has 118 valence electrons. The molecule has 1 aromatic rings. The molecule has 0 aliphatic rings. The van der Waals surface area contributed by atoms with Gasteiger partial charge in [-0.1, -0.05) is 13.0 Å². The standard InChI is InChI=1S/C15H25NO4Si/c1-4-19-21(20-5-2)13(3)9-11-18-15(17)12-14-8-6-7-10-16-14/h6-8,10,13,21H,4-5,9,11-12H2,1-3H3. The van der Waals surface area contributed by atoms with Crippen LogP contribution in [0.5, 0.6) is 0 Å². The highest BCUT2D eigenvalue weighted by Gasteiger charge is 2.21. The SMILES string of the molecule is CCO[SiH](OCC)C(C)CCOC(=O)Cc1ccccn1. The lowest BCUT2D eigenvalue weighted by atomic mass is 10.3. The van der Waals surface area contributed by atoms with Gasteiger partial charge in [-0.15, -0.1) is 0 Å². The summed E-state index contributed by atoms with van der Waals surface area (Å²) >= 11 is 0. The topological polar surface area (TPSA) is 57.7 Å². The van der Waals surface area contributed by atoms with E-state index in [4.69, 9.17) is 13.6 Å². The average Bonchev–Trinajstić information content (AvgIpc) is 2.48. The van der Waals surface area contributed by atoms with E-state index in [0.717, 1.165) is 12.1 Å². The summed E-state index contributed by atoms with van der Waals surface area (Å²) in [4.78, 5) is 15.8. The molecule has 0 aliphatic carbocycles. The maximum absolute atomic E-state index is 11.7. The van der Waals surface area contributed by atoms with E-state index in [-0.39, 0.29) is 12.4 Å². The average molecular weight is 311 g/mol. The molecule has 1 aromatic heterocycles. The molecular weight excluding hydrogens is 286 g/mol. The van der Waals surface area contributed by atoms with E-state index >= 15 is 0 Å². The van der Waals surface area contributed by atoms with Gasteiger partial charge in [0.05, 0.1) is 18.7 Å². The molecule has 1 atom stereocenters. The quantitative estimate of drug-likeness (QED) is 0.490. The van der Waals surface area contributed by atoms with Gasteiger partial charge in [-0.05, 0) is 32.4 Å². The number of esters is 1. The summed E-state index contributed by atoms with van der Waals surface area (Å²) in [6.07, 6.45) is 2.66. The van der Waals surface area contributed by atoms with E-state index in [1.165, 1.54) is 0 Å². The second kappa shape index (κ2) is 10.5. The molecule has 0 bridgehead atoms. The third-order valence-corrected chi connectivity index (χ3v) is 5.60. The van der Waals surface area contributed by atoms with Gasteiger partial charge in [0.2, 0.25) is 0 Å². The lowest BCUT2D eigenvalue weighted by Gasteiger charge is -2.21. The summed E-state index contributed by atoms with van der Waals surface area (Å²) in [5.41, 5.74) is 1.04. The van der Waals surface area contributed by atoms with Crippen molar-refractivity contribution in [2.75, 3.05) is 19.8 Å². The van der Waals surface area contributed by atoms with Gasteiger partial charge in [0.1, 0.15) is 0 Å². The summed E-state index contributed by atoms with van der Waals surface area (Å²) in [6, 6.07) is 5.50. The van der Waals surface area contributed by atoms with Crippen LogP contribution in [0.4, 0.5) is 0 Å². The molecule has 1 unspecified atom stereocenters. The summed E-state index contributed by atoms with van der Waals surface area (Å²) in [6.45, 7) is 7.77. The number of carbonyl (C=O) groups excluding carboxylic acids is 1. The van der Waals surface area contributed by atoms with Gasteiger partial charge in [0.25, 0.3) is 0 Å². The lowest BCUT2D eigenvalue weighted by Crippen LogP contribution is -2.28. The maximum atomic E-state index is 11.7. The molecule has 0 fully saturated rings. The Morgan fingerprint density at radius 2 is 2.00 bits per heavy atom. The summed E-state index contributed by atoms with van der Waals surface area (Å²) in [7, 11) is -1.66. The van der Waals surface area contributed by atoms with Crippen molar-refractivity contribution in [2.24, 2.45) is 0 Å². The fraction of sp³-hybridized carbons (Fsp3) is 0.600. The molecule has 5 nitrogen and oxygen atoms in total. The molecule has 0 aliphatic heterocycles. The minimum absolute atomic E-state index is 0.215. The first-order valence-corrected chi connectivity index (χ1v) is 9.07. The number of hydrogen-bond acceptors (Lipinski definition) is 5. The molecule has 0 aromatic carbocycles. The number of pyridine rings is 1. The summed E-state index contributed by atoms with van der Waals surface area (Å²) in [5, 5.41) is 0. The van der Waals surface area contributed by atoms with Crippen LogP contribution in [0.2, 0.25) is 5.54 Å². The summed E-state index contributed by atoms with van der Waals surface area (Å²) in [5.74, 6) is -0.244. The maximum Gasteiger partial charge on any atom is 0.324 e. The Kier molecular flexibility index (Phi) is 8.89. The molecule has 0 amide bonds. The largest absolute Gasteiger partial charge is 0.465 e. The zero-order chi connectivity index (χ0) is 15.5. The predicted octanol–water partition coefficient (Wildman–Crippen LogP) is 2.24. The van der Waals surface area contributed by atoms with Crippen molar-refractivity contribution in [1.29, 1.82) is 0 Å². The smallest absolute Gasteiger partial charge is 0.324 e. The van der Waals surface area contributed by atoms with Crippen molar-refractivity contribution >= 4 is 15.3 Å². The predicted molar refractivity (Wildman–Crippen MR) is 83.3 cm³/mol. The van der Waals surface area contributed by atoms with E-state index in [2.05, 4.69) is 11.9 Å². The fourth-order valence-corrected chi connectivity index (χ4v) is 3.72. The van der Waals surface area contributed by atoms with Crippen LogP contribution in [0.1, 0.15) is 32.9 Å². The van der Waals surface area contributed by atoms with Crippen LogP contribution in [0.15, 0.2) is 24.4 Å². The molecule has 0 N–H and O–H groups in total. The number of ether oxygens (including phenoxy) is 1. The molecule has 0 spiro atoms. The monoisotopic (exact) mass is 311 g/mol. The van der Waals surface area contributed by atoms with Crippen molar-refractivity contribution in [3.63, 3.8) is 0 Å². The van der Waals surface area contributed by atoms with Gasteiger partial charge in [-0.25, -0.2) is 0 Å². The van der Waals surface area contributed by atoms with Crippen molar-refractivity contribution in [3.05, 3.63) is 30.1 Å². The normalized spacial score (nSPS) is 12.4. The van der Waals surface area contributed by atoms with E-state index in [1.807, 2.05) is 32.0 Å². The molecule has 1 heterocycles. The second-order valence-electron chi connectivity index (χ2n) is 4.76. The Bertz CT molecular complexity index is 396. The van der Waals surface area contributed by atoms with Crippen LogP contribution in [-0.4, -0.2) is 40.1 Å². The van der Waals surface area contributed by atoms with Crippen molar-refractivity contribution in [3.8, 4) is 0 Å². The van der Waals surface area contributed by atoms with Crippen LogP contribution in [0.25, 0.3) is 0 Å². The van der Waals surface area contributed by atoms with E-state index in [0.29, 0.717) is 25.4 Å². The number of aromatic nitrogens is 1. The Hall–Kier alpha value is -1.24. The van der Waals surface area contributed by atoms with Crippen LogP contribution in [0.3, 0.4) is 0 Å². The highest BCUT2D eigenvalue weighted by Crippen LogP contribution is 2.16. The molecule has 0 saturated carbocycles. The Labute approximate surface area is 128 Å². The van der Waals surface area contributed by atoms with Gasteiger partial charge >= 0.3 is 15.3 Å². The number of carbonyl (C=O) groups is 1. The third-order valence-electron chi connectivity index (χ3n) is 3.01. The van der Waals surface area contributed by atoms with Crippen LogP contribution in [0, 0.1) is 0 Å². The van der Waals surface area contributed by atoms with E-state index in [1.54, 1.807) is 6.20 Å². The molecular formula is C15H25NO4Si. The van der Waals surface area contributed by atoms with Crippen LogP contribution in [-0.2, 0) is 24.8 Å². The van der Waals surface area contributed by atoms with E-state index < -0.39 is 9.28 Å². The summed E-state index contributed by atoms with van der Waals surface area (Å²) < 4.78 is 16.6. The first kappa shape index (κ1) is 17.8. The van der Waals surface area contributed by atoms with Crippen molar-refractivity contribution in [1.82, 2.24) is 4.98 Å². The highest BCUT2D eigenvalue weighted by atomic mass is 28.3. The van der Waals surface area contributed by atoms with Crippen LogP contribution >= 0.6 is 0 Å². The molecule has 21 heavy (non-hydrogen) atoms. The zero-order valence-electron chi connectivity index (χ0n) is 13.1. The lowest BCUT2D eigenvalue weighted by molar-refractivity contribution is -0.143. The number of nitrogens with zero attached hydrogens (tertiary/aromatic N) is 1. The van der Waals surface area contributed by atoms with E-state index in [9.17, 15) is 4.79 Å².